The van der Waals surface area contributed by atoms with Gasteiger partial charge in [0, 0.05) is 6.04 Å². The quantitative estimate of drug-likeness (QED) is 0.448. The lowest BCUT2D eigenvalue weighted by molar-refractivity contribution is 0.307. The maximum Gasteiger partial charge on any atom is 0.243 e. The van der Waals surface area contributed by atoms with Gasteiger partial charge in [0.2, 0.25) is 10.0 Å². The third-order valence-corrected chi connectivity index (χ3v) is 8.97. The molecule has 2 heterocycles. The van der Waals surface area contributed by atoms with Crippen LogP contribution >= 0.6 is 0 Å². The molecule has 2 aromatic carbocycles. The monoisotopic (exact) mass is 491 g/mol. The number of sulfone groups is 1. The van der Waals surface area contributed by atoms with Crippen molar-refractivity contribution in [1.82, 2.24) is 4.31 Å². The van der Waals surface area contributed by atoms with Crippen molar-refractivity contribution in [3.8, 4) is 17.2 Å². The fourth-order valence-corrected chi connectivity index (χ4v) is 7.14. The van der Waals surface area contributed by atoms with Crippen LogP contribution in [0.1, 0.15) is 19.1 Å². The first-order chi connectivity index (χ1) is 15.8. The third kappa shape index (κ3) is 5.58. The summed E-state index contributed by atoms with van der Waals surface area (Å²) < 4.78 is 68.7. The maximum absolute atomic E-state index is 13.5. The number of hydrogen-bond donors (Lipinski definition) is 0. The Morgan fingerprint density at radius 3 is 2.18 bits per heavy atom. The number of sulfonamides is 1. The minimum atomic E-state index is -3.98. The number of ether oxygens (including phenoxy) is 2. The lowest BCUT2D eigenvalue weighted by atomic mass is 10.2. The molecule has 1 aliphatic heterocycles. The van der Waals surface area contributed by atoms with E-state index in [1.807, 2.05) is 6.92 Å². The largest absolute Gasteiger partial charge is 0.494 e. The van der Waals surface area contributed by atoms with Crippen molar-refractivity contribution in [2.24, 2.45) is 0 Å². The van der Waals surface area contributed by atoms with Crippen molar-refractivity contribution in [3.05, 3.63) is 72.7 Å². The summed E-state index contributed by atoms with van der Waals surface area (Å²) in [5, 5.41) is 0. The summed E-state index contributed by atoms with van der Waals surface area (Å²) in [6.07, 6.45) is 1.71. The Labute approximate surface area is 193 Å². The van der Waals surface area contributed by atoms with Crippen LogP contribution in [-0.2, 0) is 26.4 Å². The average molecular weight is 492 g/mol. The highest BCUT2D eigenvalue weighted by Crippen LogP contribution is 2.29. The molecule has 0 N–H and O–H groups in total. The van der Waals surface area contributed by atoms with Gasteiger partial charge in [-0.1, -0.05) is 0 Å². The SMILES string of the molecule is CCOc1ccc(Oc2ccc(S(=O)(=O)N(Cc3ccco3)[C@H]3CCS(=O)(=O)C3)cc2)cc1. The van der Waals surface area contributed by atoms with Crippen molar-refractivity contribution in [2.75, 3.05) is 18.1 Å². The van der Waals surface area contributed by atoms with E-state index in [1.165, 1.54) is 22.7 Å². The normalized spacial score (nSPS) is 17.8. The Morgan fingerprint density at radius 2 is 1.64 bits per heavy atom. The van der Waals surface area contributed by atoms with Gasteiger partial charge in [0.1, 0.15) is 23.0 Å². The van der Waals surface area contributed by atoms with Crippen molar-refractivity contribution in [3.63, 3.8) is 0 Å². The molecule has 0 saturated carbocycles. The molecule has 0 unspecified atom stereocenters. The van der Waals surface area contributed by atoms with Crippen molar-refractivity contribution in [2.45, 2.75) is 30.8 Å². The predicted octanol–water partition coefficient (Wildman–Crippen LogP) is 3.85. The van der Waals surface area contributed by atoms with E-state index in [-0.39, 0.29) is 29.4 Å². The van der Waals surface area contributed by atoms with Gasteiger partial charge in [-0.05, 0) is 74.0 Å². The Bertz CT molecular complexity index is 1270. The molecule has 0 amide bonds. The Kier molecular flexibility index (Phi) is 6.78. The first-order valence-corrected chi connectivity index (χ1v) is 13.8. The first-order valence-electron chi connectivity index (χ1n) is 10.5. The van der Waals surface area contributed by atoms with Crippen LogP contribution in [0, 0.1) is 0 Å². The molecule has 0 bridgehead atoms. The number of hydrogen-bond acceptors (Lipinski definition) is 7. The molecule has 4 rings (SSSR count). The van der Waals surface area contributed by atoms with Gasteiger partial charge in [-0.15, -0.1) is 0 Å². The van der Waals surface area contributed by atoms with Crippen molar-refractivity contribution in [1.29, 1.82) is 0 Å². The van der Waals surface area contributed by atoms with Crippen LogP contribution in [0.3, 0.4) is 0 Å². The first kappa shape index (κ1) is 23.3. The summed E-state index contributed by atoms with van der Waals surface area (Å²) in [4.78, 5) is 0.0531. The third-order valence-electron chi connectivity index (χ3n) is 5.31. The van der Waals surface area contributed by atoms with Gasteiger partial charge in [0.25, 0.3) is 0 Å². The molecule has 3 aromatic rings. The van der Waals surface area contributed by atoms with E-state index in [4.69, 9.17) is 13.9 Å². The molecular formula is C23H25NO7S2. The van der Waals surface area contributed by atoms with Crippen LogP contribution in [0.4, 0.5) is 0 Å². The van der Waals surface area contributed by atoms with Gasteiger partial charge in [-0.3, -0.25) is 0 Å². The lowest BCUT2D eigenvalue weighted by Gasteiger charge is -2.26. The number of rotatable bonds is 9. The summed E-state index contributed by atoms with van der Waals surface area (Å²) in [5.74, 6) is 2.00. The lowest BCUT2D eigenvalue weighted by Crippen LogP contribution is -2.40. The molecule has 10 heteroatoms. The molecule has 1 saturated heterocycles. The molecule has 0 radical (unpaired) electrons. The van der Waals surface area contributed by atoms with E-state index in [2.05, 4.69) is 0 Å². The van der Waals surface area contributed by atoms with E-state index in [9.17, 15) is 16.8 Å². The highest BCUT2D eigenvalue weighted by molar-refractivity contribution is 7.92. The van der Waals surface area contributed by atoms with Gasteiger partial charge in [0.05, 0.1) is 35.8 Å². The van der Waals surface area contributed by atoms with Crippen LogP contribution < -0.4 is 9.47 Å². The summed E-state index contributed by atoms with van der Waals surface area (Å²) in [6, 6.07) is 15.8. The fourth-order valence-electron chi connectivity index (χ4n) is 3.69. The molecule has 0 spiro atoms. The van der Waals surface area contributed by atoms with E-state index >= 15 is 0 Å². The average Bonchev–Trinajstić information content (AvgIpc) is 3.43. The number of nitrogens with zero attached hydrogens (tertiary/aromatic N) is 1. The molecule has 8 nitrogen and oxygen atoms in total. The second kappa shape index (κ2) is 9.58. The minimum absolute atomic E-state index is 0.0310. The number of furan rings is 1. The van der Waals surface area contributed by atoms with E-state index < -0.39 is 25.9 Å². The molecule has 1 aliphatic rings. The van der Waals surface area contributed by atoms with Crippen LogP contribution in [0.25, 0.3) is 0 Å². The Hall–Kier alpha value is -2.82. The summed E-state index contributed by atoms with van der Waals surface area (Å²) in [5.41, 5.74) is 0. The van der Waals surface area contributed by atoms with Gasteiger partial charge in [-0.2, -0.15) is 4.31 Å². The van der Waals surface area contributed by atoms with Crippen LogP contribution in [0.15, 0.2) is 76.2 Å². The Balaban J connectivity index is 1.54. The minimum Gasteiger partial charge on any atom is -0.494 e. The van der Waals surface area contributed by atoms with Crippen LogP contribution in [0.2, 0.25) is 0 Å². The summed E-state index contributed by atoms with van der Waals surface area (Å²) in [6.45, 7) is 2.43. The van der Waals surface area contributed by atoms with Crippen LogP contribution in [-0.4, -0.2) is 45.3 Å². The summed E-state index contributed by atoms with van der Waals surface area (Å²) >= 11 is 0. The topological polar surface area (TPSA) is 103 Å². The van der Waals surface area contributed by atoms with E-state index in [0.717, 1.165) is 5.75 Å². The molecule has 1 fully saturated rings. The highest BCUT2D eigenvalue weighted by Gasteiger charge is 2.39. The van der Waals surface area contributed by atoms with Gasteiger partial charge >= 0.3 is 0 Å². The standard InChI is InChI=1S/C23H25NO7S2/c1-2-29-19-5-7-20(8-6-19)31-21-9-11-23(12-10-21)33(27,28)24(16-22-4-3-14-30-22)18-13-15-32(25,26)17-18/h3-12,14,18H,2,13,15-17H2,1H3/t18-/m0/s1. The zero-order valence-corrected chi connectivity index (χ0v) is 19.7. The highest BCUT2D eigenvalue weighted by atomic mass is 32.2. The smallest absolute Gasteiger partial charge is 0.243 e. The molecule has 1 aromatic heterocycles. The van der Waals surface area contributed by atoms with E-state index in [1.54, 1.807) is 48.5 Å². The van der Waals surface area contributed by atoms with Crippen LogP contribution in [0.5, 0.6) is 17.2 Å². The van der Waals surface area contributed by atoms with Crippen molar-refractivity contribution < 1.29 is 30.7 Å². The molecule has 1 atom stereocenters. The molecule has 0 aliphatic carbocycles. The maximum atomic E-state index is 13.5. The van der Waals surface area contributed by atoms with Gasteiger partial charge in [0.15, 0.2) is 9.84 Å². The molecule has 33 heavy (non-hydrogen) atoms. The van der Waals surface area contributed by atoms with Crippen molar-refractivity contribution >= 4 is 19.9 Å². The van der Waals surface area contributed by atoms with Gasteiger partial charge in [-0.25, -0.2) is 16.8 Å². The second-order valence-corrected chi connectivity index (χ2v) is 11.8. The van der Waals surface area contributed by atoms with Gasteiger partial charge < -0.3 is 13.9 Å². The summed E-state index contributed by atoms with van der Waals surface area (Å²) in [7, 11) is -7.25. The molecule has 176 valence electrons. The fraction of sp³-hybridized carbons (Fsp3) is 0.304. The number of benzene rings is 2. The predicted molar refractivity (Wildman–Crippen MR) is 123 cm³/mol. The zero-order chi connectivity index (χ0) is 23.5. The zero-order valence-electron chi connectivity index (χ0n) is 18.1. The van der Waals surface area contributed by atoms with E-state index in [0.29, 0.717) is 23.9 Å². The molecular weight excluding hydrogens is 466 g/mol. The second-order valence-electron chi connectivity index (χ2n) is 7.66. The Morgan fingerprint density at radius 1 is 1.00 bits per heavy atom.